The third-order valence-electron chi connectivity index (χ3n) is 6.71. The molecule has 8 atom stereocenters. The molecule has 0 aromatic carbocycles. The highest BCUT2D eigenvalue weighted by Gasteiger charge is 2.42. The summed E-state index contributed by atoms with van der Waals surface area (Å²) in [5.41, 5.74) is 1.02. The Hall–Kier alpha value is -1.66. The number of aliphatic hydroxyl groups is 2. The van der Waals surface area contributed by atoms with Crippen LogP contribution in [0.1, 0.15) is 59.3 Å². The molecule has 6 nitrogen and oxygen atoms in total. The number of esters is 2. The highest BCUT2D eigenvalue weighted by atomic mass is 16.6. The minimum Gasteiger partial charge on any atom is -0.462 e. The number of allylic oxidation sites excluding steroid dienone is 2. The van der Waals surface area contributed by atoms with Gasteiger partial charge in [-0.1, -0.05) is 39.0 Å². The second-order valence-electron chi connectivity index (χ2n) is 8.95. The van der Waals surface area contributed by atoms with E-state index in [9.17, 15) is 19.8 Å². The maximum atomic E-state index is 12.5. The Morgan fingerprint density at radius 3 is 2.76 bits per heavy atom. The summed E-state index contributed by atoms with van der Waals surface area (Å²) in [5.74, 6) is -0.203. The van der Waals surface area contributed by atoms with Crippen molar-refractivity contribution in [1.29, 1.82) is 0 Å². The molecular weight excluding hydrogens is 372 g/mol. The van der Waals surface area contributed by atoms with E-state index in [2.05, 4.69) is 13.0 Å². The monoisotopic (exact) mass is 406 g/mol. The predicted molar refractivity (Wildman–Crippen MR) is 108 cm³/mol. The molecule has 162 valence electrons. The van der Waals surface area contributed by atoms with Gasteiger partial charge in [0.2, 0.25) is 0 Å². The second-order valence-corrected chi connectivity index (χ2v) is 8.95. The lowest BCUT2D eigenvalue weighted by atomic mass is 9.66. The van der Waals surface area contributed by atoms with Crippen molar-refractivity contribution in [3.63, 3.8) is 0 Å². The van der Waals surface area contributed by atoms with Crippen LogP contribution < -0.4 is 0 Å². The van der Waals surface area contributed by atoms with Crippen molar-refractivity contribution < 1.29 is 29.3 Å². The van der Waals surface area contributed by atoms with Crippen LogP contribution in [0, 0.1) is 23.7 Å². The molecule has 1 unspecified atom stereocenters. The van der Waals surface area contributed by atoms with E-state index in [0.717, 1.165) is 18.4 Å². The largest absolute Gasteiger partial charge is 0.462 e. The molecule has 0 radical (unpaired) electrons. The van der Waals surface area contributed by atoms with Crippen LogP contribution in [-0.4, -0.2) is 46.6 Å². The molecule has 2 aliphatic carbocycles. The van der Waals surface area contributed by atoms with Crippen LogP contribution in [0.3, 0.4) is 0 Å². The highest BCUT2D eigenvalue weighted by molar-refractivity contribution is 5.72. The SMILES string of the molecule is CCC(C)C(=O)O[C@H]1C[C@H](O)C=C2C=C[C@H](C)[C@H](CC[C@@H]3C[C@@H](O)CC(=O)O3)[C@H]21. The fraction of sp³-hybridized carbons (Fsp3) is 0.739. The van der Waals surface area contributed by atoms with Crippen LogP contribution in [0.25, 0.3) is 0 Å². The Morgan fingerprint density at radius 1 is 1.31 bits per heavy atom. The molecule has 1 heterocycles. The maximum absolute atomic E-state index is 12.5. The first-order chi connectivity index (χ1) is 13.8. The van der Waals surface area contributed by atoms with E-state index in [1.54, 1.807) is 0 Å². The molecule has 0 aromatic rings. The molecule has 3 rings (SSSR count). The average Bonchev–Trinajstić information content (AvgIpc) is 2.65. The number of ether oxygens (including phenoxy) is 2. The van der Waals surface area contributed by atoms with E-state index >= 15 is 0 Å². The van der Waals surface area contributed by atoms with Gasteiger partial charge in [0.1, 0.15) is 12.2 Å². The summed E-state index contributed by atoms with van der Waals surface area (Å²) in [4.78, 5) is 24.1. The van der Waals surface area contributed by atoms with Gasteiger partial charge < -0.3 is 19.7 Å². The van der Waals surface area contributed by atoms with Crippen molar-refractivity contribution in [2.45, 2.75) is 83.7 Å². The van der Waals surface area contributed by atoms with Gasteiger partial charge in [0.15, 0.2) is 0 Å². The lowest BCUT2D eigenvalue weighted by Gasteiger charge is -2.43. The molecule has 6 heteroatoms. The molecule has 1 saturated heterocycles. The fourth-order valence-corrected chi connectivity index (χ4v) is 4.84. The first-order valence-corrected chi connectivity index (χ1v) is 10.9. The van der Waals surface area contributed by atoms with Crippen LogP contribution in [0.4, 0.5) is 0 Å². The Morgan fingerprint density at radius 2 is 2.07 bits per heavy atom. The molecule has 0 saturated carbocycles. The van der Waals surface area contributed by atoms with Crippen LogP contribution in [0.15, 0.2) is 23.8 Å². The normalized spacial score (nSPS) is 37.9. The molecule has 1 fully saturated rings. The van der Waals surface area contributed by atoms with Gasteiger partial charge in [-0.25, -0.2) is 0 Å². The standard InChI is InChI=1S/C23H34O6/c1-4-13(2)23(27)29-20-11-16(24)9-15-6-5-14(3)19(22(15)20)8-7-18-10-17(25)12-21(26)28-18/h5-6,9,13-14,16-20,22,24-25H,4,7-8,10-12H2,1-3H3/t13?,14-,16+,17+,18+,19-,20-,22-/m0/s1. The first-order valence-electron chi connectivity index (χ1n) is 10.9. The van der Waals surface area contributed by atoms with Crippen molar-refractivity contribution in [2.24, 2.45) is 23.7 Å². The molecule has 29 heavy (non-hydrogen) atoms. The van der Waals surface area contributed by atoms with E-state index in [1.165, 1.54) is 0 Å². The third-order valence-corrected chi connectivity index (χ3v) is 6.71. The van der Waals surface area contributed by atoms with Gasteiger partial charge in [-0.05, 0) is 36.7 Å². The average molecular weight is 407 g/mol. The molecule has 2 N–H and O–H groups in total. The van der Waals surface area contributed by atoms with E-state index in [4.69, 9.17) is 9.47 Å². The summed E-state index contributed by atoms with van der Waals surface area (Å²) >= 11 is 0. The summed E-state index contributed by atoms with van der Waals surface area (Å²) in [6.45, 7) is 5.97. The van der Waals surface area contributed by atoms with Gasteiger partial charge in [0, 0.05) is 18.8 Å². The minimum absolute atomic E-state index is 0.0237. The summed E-state index contributed by atoms with van der Waals surface area (Å²) in [6.07, 6.45) is 7.31. The van der Waals surface area contributed by atoms with E-state index in [-0.39, 0.29) is 54.2 Å². The lowest BCUT2D eigenvalue weighted by molar-refractivity contribution is -0.162. The quantitative estimate of drug-likeness (QED) is 0.659. The number of carbonyl (C=O) groups is 2. The molecule has 0 bridgehead atoms. The van der Waals surface area contributed by atoms with Crippen LogP contribution >= 0.6 is 0 Å². The maximum Gasteiger partial charge on any atom is 0.308 e. The van der Waals surface area contributed by atoms with Crippen molar-refractivity contribution in [3.8, 4) is 0 Å². The third kappa shape index (κ3) is 5.28. The van der Waals surface area contributed by atoms with Gasteiger partial charge in [-0.3, -0.25) is 9.59 Å². The van der Waals surface area contributed by atoms with Crippen molar-refractivity contribution in [3.05, 3.63) is 23.8 Å². The van der Waals surface area contributed by atoms with E-state index in [1.807, 2.05) is 26.0 Å². The minimum atomic E-state index is -0.630. The number of carbonyl (C=O) groups excluding carboxylic acids is 2. The Labute approximate surface area is 173 Å². The van der Waals surface area contributed by atoms with E-state index < -0.39 is 12.2 Å². The number of hydrogen-bond donors (Lipinski definition) is 2. The predicted octanol–water partition coefficient (Wildman–Crippen LogP) is 2.92. The summed E-state index contributed by atoms with van der Waals surface area (Å²) in [6, 6.07) is 0. The van der Waals surface area contributed by atoms with Gasteiger partial charge in [0.05, 0.1) is 24.5 Å². The molecule has 0 amide bonds. The fourth-order valence-electron chi connectivity index (χ4n) is 4.84. The topological polar surface area (TPSA) is 93.1 Å². The van der Waals surface area contributed by atoms with Crippen molar-refractivity contribution >= 4 is 11.9 Å². The van der Waals surface area contributed by atoms with Crippen molar-refractivity contribution in [2.75, 3.05) is 0 Å². The van der Waals surface area contributed by atoms with Crippen molar-refractivity contribution in [1.82, 2.24) is 0 Å². The number of aliphatic hydroxyl groups excluding tert-OH is 2. The Kier molecular flexibility index (Phi) is 7.17. The number of fused-ring (bicyclic) bond motifs is 1. The summed E-state index contributed by atoms with van der Waals surface area (Å²) in [5, 5.41) is 20.2. The molecule has 0 spiro atoms. The zero-order chi connectivity index (χ0) is 21.1. The molecule has 3 aliphatic rings. The van der Waals surface area contributed by atoms with Gasteiger partial charge in [0.25, 0.3) is 0 Å². The lowest BCUT2D eigenvalue weighted by Crippen LogP contribution is -2.43. The second kappa shape index (κ2) is 9.43. The number of cyclic esters (lactones) is 1. The molecule has 1 aliphatic heterocycles. The van der Waals surface area contributed by atoms with Crippen LogP contribution in [-0.2, 0) is 19.1 Å². The summed E-state index contributed by atoms with van der Waals surface area (Å²) in [7, 11) is 0. The summed E-state index contributed by atoms with van der Waals surface area (Å²) < 4.78 is 11.3. The number of rotatable bonds is 6. The van der Waals surface area contributed by atoms with Gasteiger partial charge in [-0.15, -0.1) is 0 Å². The Balaban J connectivity index is 1.74. The highest BCUT2D eigenvalue weighted by Crippen LogP contribution is 2.44. The zero-order valence-corrected chi connectivity index (χ0v) is 17.6. The van der Waals surface area contributed by atoms with Crippen LogP contribution in [0.2, 0.25) is 0 Å². The zero-order valence-electron chi connectivity index (χ0n) is 17.6. The number of hydrogen-bond acceptors (Lipinski definition) is 6. The van der Waals surface area contributed by atoms with Crippen LogP contribution in [0.5, 0.6) is 0 Å². The van der Waals surface area contributed by atoms with Gasteiger partial charge >= 0.3 is 11.9 Å². The van der Waals surface area contributed by atoms with Gasteiger partial charge in [-0.2, -0.15) is 0 Å². The molecule has 0 aromatic heterocycles. The first kappa shape index (κ1) is 22.0. The smallest absolute Gasteiger partial charge is 0.308 e. The van der Waals surface area contributed by atoms with E-state index in [0.29, 0.717) is 19.3 Å². The molecular formula is C23H34O6. The Bertz CT molecular complexity index is 668.